The van der Waals surface area contributed by atoms with Crippen LogP contribution < -0.4 is 5.69 Å². The standard InChI is InChI=1S/C12H8N6O3S/c19-12-17(15-16-18(12)10-2-1-5-22-10)6-9-13-11(14-21-9)8-3-4-20-7-8/h1-5,7H,6H2. The maximum atomic E-state index is 12.2. The van der Waals surface area contributed by atoms with Crippen LogP contribution >= 0.6 is 11.3 Å². The van der Waals surface area contributed by atoms with Crippen molar-refractivity contribution in [2.45, 2.75) is 6.54 Å². The van der Waals surface area contributed by atoms with E-state index < -0.39 is 0 Å². The van der Waals surface area contributed by atoms with Crippen LogP contribution in [0.3, 0.4) is 0 Å². The summed E-state index contributed by atoms with van der Waals surface area (Å²) in [6.45, 7) is 0.0507. The minimum atomic E-state index is -0.370. The smallest absolute Gasteiger partial charge is 0.369 e. The Kier molecular flexibility index (Phi) is 2.93. The lowest BCUT2D eigenvalue weighted by atomic mass is 10.3. The van der Waals surface area contributed by atoms with Gasteiger partial charge < -0.3 is 8.94 Å². The van der Waals surface area contributed by atoms with Gasteiger partial charge in [0.2, 0.25) is 11.7 Å². The summed E-state index contributed by atoms with van der Waals surface area (Å²) >= 11 is 1.40. The molecule has 22 heavy (non-hydrogen) atoms. The number of aromatic nitrogens is 6. The van der Waals surface area contributed by atoms with Crippen LogP contribution in [0.15, 0.2) is 49.8 Å². The second kappa shape index (κ2) is 5.07. The number of tetrazole rings is 1. The van der Waals surface area contributed by atoms with Gasteiger partial charge in [0.1, 0.15) is 17.8 Å². The van der Waals surface area contributed by atoms with Gasteiger partial charge in [-0.3, -0.25) is 0 Å². The maximum absolute atomic E-state index is 12.2. The zero-order valence-electron chi connectivity index (χ0n) is 11.0. The summed E-state index contributed by atoms with van der Waals surface area (Å²) in [7, 11) is 0. The first kappa shape index (κ1) is 12.7. The second-order valence-corrected chi connectivity index (χ2v) is 5.23. The van der Waals surface area contributed by atoms with Crippen molar-refractivity contribution in [3.05, 3.63) is 52.5 Å². The van der Waals surface area contributed by atoms with Gasteiger partial charge in [-0.05, 0) is 34.0 Å². The minimum absolute atomic E-state index is 0.0507. The van der Waals surface area contributed by atoms with Crippen molar-refractivity contribution >= 4 is 11.3 Å². The topological polar surface area (TPSA) is 105 Å². The number of rotatable bonds is 4. The molecule has 9 nitrogen and oxygen atoms in total. The van der Waals surface area contributed by atoms with Crippen LogP contribution in [0.25, 0.3) is 16.4 Å². The fraction of sp³-hybridized carbons (Fsp3) is 0.0833. The Morgan fingerprint density at radius 1 is 1.27 bits per heavy atom. The van der Waals surface area contributed by atoms with Gasteiger partial charge in [0.05, 0.1) is 11.8 Å². The summed E-state index contributed by atoms with van der Waals surface area (Å²) in [5.41, 5.74) is 0.329. The van der Waals surface area contributed by atoms with E-state index in [0.717, 1.165) is 4.68 Å². The average molecular weight is 316 g/mol. The van der Waals surface area contributed by atoms with Gasteiger partial charge in [0.25, 0.3) is 0 Å². The van der Waals surface area contributed by atoms with Crippen molar-refractivity contribution in [1.82, 2.24) is 29.9 Å². The number of hydrogen-bond donors (Lipinski definition) is 0. The van der Waals surface area contributed by atoms with Crippen LogP contribution in [0, 0.1) is 0 Å². The number of hydrogen-bond acceptors (Lipinski definition) is 8. The summed E-state index contributed by atoms with van der Waals surface area (Å²) in [6.07, 6.45) is 3.02. The summed E-state index contributed by atoms with van der Waals surface area (Å²) in [5.74, 6) is 0.652. The first-order valence-electron chi connectivity index (χ1n) is 6.23. The molecule has 110 valence electrons. The fourth-order valence-corrected chi connectivity index (χ4v) is 2.53. The summed E-state index contributed by atoms with van der Waals surface area (Å²) < 4.78 is 12.4. The van der Waals surface area contributed by atoms with Gasteiger partial charge in [-0.25, -0.2) is 4.79 Å². The van der Waals surface area contributed by atoms with Crippen LogP contribution in [-0.4, -0.2) is 29.9 Å². The molecule has 0 amide bonds. The molecule has 4 rings (SSSR count). The lowest BCUT2D eigenvalue weighted by molar-refractivity contribution is 0.363. The largest absolute Gasteiger partial charge is 0.472 e. The molecule has 0 radical (unpaired) electrons. The highest BCUT2D eigenvalue weighted by atomic mass is 32.1. The third-order valence-corrected chi connectivity index (χ3v) is 3.73. The lowest BCUT2D eigenvalue weighted by Gasteiger charge is -1.92. The summed E-state index contributed by atoms with van der Waals surface area (Å²) in [6, 6.07) is 5.34. The quantitative estimate of drug-likeness (QED) is 0.556. The molecule has 0 aliphatic carbocycles. The van der Waals surface area contributed by atoms with Crippen LogP contribution in [-0.2, 0) is 6.54 Å². The van der Waals surface area contributed by atoms with Crippen LogP contribution in [0.1, 0.15) is 5.89 Å². The highest BCUT2D eigenvalue weighted by Gasteiger charge is 2.14. The molecular weight excluding hydrogens is 308 g/mol. The number of thiophene rings is 1. The van der Waals surface area contributed by atoms with Gasteiger partial charge in [-0.1, -0.05) is 5.16 Å². The molecule has 0 saturated carbocycles. The normalized spacial score (nSPS) is 11.1. The van der Waals surface area contributed by atoms with E-state index in [1.54, 1.807) is 12.1 Å². The van der Waals surface area contributed by atoms with E-state index >= 15 is 0 Å². The fourth-order valence-electron chi connectivity index (χ4n) is 1.86. The van der Waals surface area contributed by atoms with Crippen molar-refractivity contribution < 1.29 is 8.94 Å². The Bertz CT molecular complexity index is 934. The molecule has 0 unspecified atom stereocenters. The molecule has 0 aromatic carbocycles. The Hall–Kier alpha value is -3.01. The third-order valence-electron chi connectivity index (χ3n) is 2.89. The molecule has 0 fully saturated rings. The second-order valence-electron chi connectivity index (χ2n) is 4.31. The van der Waals surface area contributed by atoms with Gasteiger partial charge >= 0.3 is 5.69 Å². The molecule has 4 aromatic rings. The van der Waals surface area contributed by atoms with E-state index in [4.69, 9.17) is 8.94 Å². The highest BCUT2D eigenvalue weighted by Crippen LogP contribution is 2.16. The Labute approximate surface area is 126 Å². The lowest BCUT2D eigenvalue weighted by Crippen LogP contribution is -2.24. The molecule has 0 bridgehead atoms. The SMILES string of the molecule is O=c1n(Cc2nc(-c3ccoc3)no2)nnn1-c1cccs1. The van der Waals surface area contributed by atoms with Gasteiger partial charge in [0.15, 0.2) is 0 Å². The molecule has 0 spiro atoms. The molecule has 0 atom stereocenters. The van der Waals surface area contributed by atoms with E-state index in [1.807, 2.05) is 11.4 Å². The van der Waals surface area contributed by atoms with Gasteiger partial charge in [0, 0.05) is 0 Å². The Balaban J connectivity index is 1.61. The first-order valence-corrected chi connectivity index (χ1v) is 7.11. The molecule has 0 N–H and O–H groups in total. The molecule has 4 aromatic heterocycles. The predicted molar refractivity (Wildman–Crippen MR) is 74.6 cm³/mol. The van der Waals surface area contributed by atoms with Crippen molar-refractivity contribution in [1.29, 1.82) is 0 Å². The van der Waals surface area contributed by atoms with Crippen LogP contribution in [0.2, 0.25) is 0 Å². The van der Waals surface area contributed by atoms with Crippen LogP contribution in [0.5, 0.6) is 0 Å². The highest BCUT2D eigenvalue weighted by molar-refractivity contribution is 7.12. The minimum Gasteiger partial charge on any atom is -0.472 e. The van der Waals surface area contributed by atoms with Crippen LogP contribution in [0.4, 0.5) is 0 Å². The predicted octanol–water partition coefficient (Wildman–Crippen LogP) is 1.18. The Morgan fingerprint density at radius 3 is 3.00 bits per heavy atom. The molecule has 10 heteroatoms. The summed E-state index contributed by atoms with van der Waals surface area (Å²) in [5, 5.41) is 14.0. The zero-order chi connectivity index (χ0) is 14.9. The monoisotopic (exact) mass is 316 g/mol. The summed E-state index contributed by atoms with van der Waals surface area (Å²) in [4.78, 5) is 16.4. The number of nitrogens with zero attached hydrogens (tertiary/aromatic N) is 6. The van der Waals surface area contributed by atoms with E-state index in [2.05, 4.69) is 20.6 Å². The van der Waals surface area contributed by atoms with Crippen molar-refractivity contribution in [3.63, 3.8) is 0 Å². The molecule has 4 heterocycles. The van der Waals surface area contributed by atoms with E-state index in [0.29, 0.717) is 16.4 Å². The molecule has 0 saturated heterocycles. The van der Waals surface area contributed by atoms with Gasteiger partial charge in [-0.15, -0.1) is 11.3 Å². The molecule has 0 aliphatic rings. The Morgan fingerprint density at radius 2 is 2.23 bits per heavy atom. The van der Waals surface area contributed by atoms with Crippen molar-refractivity contribution in [2.24, 2.45) is 0 Å². The third kappa shape index (κ3) is 2.15. The molecular formula is C12H8N6O3S. The van der Waals surface area contributed by atoms with Crippen molar-refractivity contribution in [2.75, 3.05) is 0 Å². The first-order chi connectivity index (χ1) is 10.8. The van der Waals surface area contributed by atoms with E-state index in [9.17, 15) is 4.79 Å². The maximum Gasteiger partial charge on any atom is 0.369 e. The van der Waals surface area contributed by atoms with Gasteiger partial charge in [-0.2, -0.15) is 14.3 Å². The van der Waals surface area contributed by atoms with E-state index in [-0.39, 0.29) is 18.1 Å². The van der Waals surface area contributed by atoms with Crippen molar-refractivity contribution in [3.8, 4) is 16.4 Å². The number of furan rings is 1. The zero-order valence-corrected chi connectivity index (χ0v) is 11.8. The molecule has 0 aliphatic heterocycles. The average Bonchev–Trinajstić information content (AvgIpc) is 3.27. The van der Waals surface area contributed by atoms with E-state index in [1.165, 1.54) is 28.5 Å².